The van der Waals surface area contributed by atoms with Crippen LogP contribution in [-0.4, -0.2) is 17.9 Å². The zero-order valence-corrected chi connectivity index (χ0v) is 15.2. The fourth-order valence-electron chi connectivity index (χ4n) is 2.24. The molecular formula is C20H18ClN3O2. The number of nitrogens with one attached hydrogen (secondary N) is 2. The topological polar surface area (TPSA) is 82.0 Å². The maximum Gasteiger partial charge on any atom is 0.253 e. The molecule has 0 heterocycles. The molecule has 0 aliphatic rings. The molecule has 2 N–H and O–H groups in total. The predicted molar refractivity (Wildman–Crippen MR) is 103 cm³/mol. The average molecular weight is 368 g/mol. The molecule has 2 rings (SSSR count). The minimum absolute atomic E-state index is 0.0379. The third-order valence-corrected chi connectivity index (χ3v) is 3.63. The second kappa shape index (κ2) is 8.84. The Morgan fingerprint density at radius 2 is 1.92 bits per heavy atom. The normalized spacial score (nSPS) is 10.6. The van der Waals surface area contributed by atoms with Crippen LogP contribution in [0, 0.1) is 11.3 Å². The quantitative estimate of drug-likeness (QED) is 0.783. The first-order chi connectivity index (χ1) is 12.4. The highest BCUT2D eigenvalue weighted by Crippen LogP contribution is 2.21. The van der Waals surface area contributed by atoms with Crippen LogP contribution in [0.3, 0.4) is 0 Å². The summed E-state index contributed by atoms with van der Waals surface area (Å²) in [5.41, 5.74) is 1.74. The van der Waals surface area contributed by atoms with Gasteiger partial charge in [0, 0.05) is 17.1 Å². The molecule has 0 bridgehead atoms. The Balaban J connectivity index is 2.21. The maximum absolute atomic E-state index is 12.3. The summed E-state index contributed by atoms with van der Waals surface area (Å²) in [4.78, 5) is 24.5. The lowest BCUT2D eigenvalue weighted by Gasteiger charge is -2.13. The number of anilines is 1. The Morgan fingerprint density at radius 1 is 1.19 bits per heavy atom. The van der Waals surface area contributed by atoms with Crippen LogP contribution in [0.25, 0.3) is 6.08 Å². The molecule has 6 heteroatoms. The van der Waals surface area contributed by atoms with Gasteiger partial charge in [0.2, 0.25) is 5.91 Å². The van der Waals surface area contributed by atoms with Gasteiger partial charge < -0.3 is 10.6 Å². The molecule has 2 amide bonds. The first-order valence-corrected chi connectivity index (χ1v) is 8.37. The SMILES string of the molecule is CC(C)NC(=O)c1ccc(Cl)cc1NC(=O)/C=C/c1ccccc1C#N. The van der Waals surface area contributed by atoms with Crippen LogP contribution in [0.15, 0.2) is 48.5 Å². The van der Waals surface area contributed by atoms with E-state index in [1.54, 1.807) is 42.5 Å². The number of benzene rings is 2. The van der Waals surface area contributed by atoms with Crippen molar-refractivity contribution in [3.8, 4) is 6.07 Å². The molecule has 0 fully saturated rings. The number of nitriles is 1. The molecular weight excluding hydrogens is 350 g/mol. The minimum Gasteiger partial charge on any atom is -0.350 e. The van der Waals surface area contributed by atoms with Crippen molar-refractivity contribution in [3.05, 3.63) is 70.3 Å². The van der Waals surface area contributed by atoms with E-state index in [9.17, 15) is 9.59 Å². The zero-order chi connectivity index (χ0) is 19.1. The van der Waals surface area contributed by atoms with Crippen LogP contribution in [0.2, 0.25) is 5.02 Å². The van der Waals surface area contributed by atoms with E-state index in [0.29, 0.717) is 27.4 Å². The molecule has 0 atom stereocenters. The van der Waals surface area contributed by atoms with Gasteiger partial charge >= 0.3 is 0 Å². The summed E-state index contributed by atoms with van der Waals surface area (Å²) in [6, 6.07) is 13.6. The molecule has 26 heavy (non-hydrogen) atoms. The lowest BCUT2D eigenvalue weighted by atomic mass is 10.1. The largest absolute Gasteiger partial charge is 0.350 e. The van der Waals surface area contributed by atoms with Gasteiger partial charge in [0.15, 0.2) is 0 Å². The molecule has 0 saturated heterocycles. The molecule has 2 aromatic rings. The summed E-state index contributed by atoms with van der Waals surface area (Å²) in [6.45, 7) is 3.70. The summed E-state index contributed by atoms with van der Waals surface area (Å²) in [5, 5.41) is 14.9. The highest BCUT2D eigenvalue weighted by molar-refractivity contribution is 6.31. The lowest BCUT2D eigenvalue weighted by molar-refractivity contribution is -0.111. The van der Waals surface area contributed by atoms with Gasteiger partial charge in [-0.15, -0.1) is 0 Å². The smallest absolute Gasteiger partial charge is 0.253 e. The Morgan fingerprint density at radius 3 is 2.62 bits per heavy atom. The van der Waals surface area contributed by atoms with Crippen LogP contribution in [0.5, 0.6) is 0 Å². The van der Waals surface area contributed by atoms with Crippen molar-refractivity contribution in [2.45, 2.75) is 19.9 Å². The van der Waals surface area contributed by atoms with Crippen molar-refractivity contribution in [1.29, 1.82) is 5.26 Å². The van der Waals surface area contributed by atoms with E-state index in [1.165, 1.54) is 12.1 Å². The fraction of sp³-hybridized carbons (Fsp3) is 0.150. The molecule has 0 unspecified atom stereocenters. The Hall–Kier alpha value is -3.10. The first kappa shape index (κ1) is 19.2. The van der Waals surface area contributed by atoms with Crippen molar-refractivity contribution in [3.63, 3.8) is 0 Å². The third-order valence-electron chi connectivity index (χ3n) is 3.40. The van der Waals surface area contributed by atoms with E-state index in [-0.39, 0.29) is 11.9 Å². The van der Waals surface area contributed by atoms with Gasteiger partial charge in [-0.05, 0) is 49.8 Å². The van der Waals surface area contributed by atoms with Crippen LogP contribution in [-0.2, 0) is 4.79 Å². The van der Waals surface area contributed by atoms with Crippen molar-refractivity contribution in [2.75, 3.05) is 5.32 Å². The molecule has 0 saturated carbocycles. The summed E-state index contributed by atoms with van der Waals surface area (Å²) >= 11 is 5.99. The van der Waals surface area contributed by atoms with E-state index in [2.05, 4.69) is 16.7 Å². The number of amides is 2. The fourth-order valence-corrected chi connectivity index (χ4v) is 2.41. The van der Waals surface area contributed by atoms with Gasteiger partial charge in [-0.25, -0.2) is 0 Å². The number of halogens is 1. The van der Waals surface area contributed by atoms with Crippen molar-refractivity contribution >= 4 is 35.2 Å². The van der Waals surface area contributed by atoms with E-state index in [4.69, 9.17) is 16.9 Å². The highest BCUT2D eigenvalue weighted by Gasteiger charge is 2.14. The van der Waals surface area contributed by atoms with Gasteiger partial charge in [-0.1, -0.05) is 29.8 Å². The highest BCUT2D eigenvalue weighted by atomic mass is 35.5. The molecule has 0 aliphatic heterocycles. The second-order valence-corrected chi connectivity index (χ2v) is 6.28. The van der Waals surface area contributed by atoms with Crippen LogP contribution < -0.4 is 10.6 Å². The Kier molecular flexibility index (Phi) is 6.54. The maximum atomic E-state index is 12.3. The molecule has 0 aliphatic carbocycles. The number of carbonyl (C=O) groups excluding carboxylic acids is 2. The van der Waals surface area contributed by atoms with Crippen LogP contribution in [0.4, 0.5) is 5.69 Å². The zero-order valence-electron chi connectivity index (χ0n) is 14.4. The van der Waals surface area contributed by atoms with Crippen molar-refractivity contribution < 1.29 is 9.59 Å². The van der Waals surface area contributed by atoms with Gasteiger partial charge in [-0.3, -0.25) is 9.59 Å². The van der Waals surface area contributed by atoms with E-state index >= 15 is 0 Å². The van der Waals surface area contributed by atoms with Gasteiger partial charge in [-0.2, -0.15) is 5.26 Å². The van der Waals surface area contributed by atoms with Crippen LogP contribution in [0.1, 0.15) is 35.3 Å². The van der Waals surface area contributed by atoms with Crippen molar-refractivity contribution in [1.82, 2.24) is 5.32 Å². The lowest BCUT2D eigenvalue weighted by Crippen LogP contribution is -2.31. The summed E-state index contributed by atoms with van der Waals surface area (Å²) in [7, 11) is 0. The van der Waals surface area contributed by atoms with Gasteiger partial charge in [0.1, 0.15) is 0 Å². The van der Waals surface area contributed by atoms with Gasteiger partial charge in [0.05, 0.1) is 22.9 Å². The molecule has 0 spiro atoms. The third kappa shape index (κ3) is 5.20. The van der Waals surface area contributed by atoms with Gasteiger partial charge in [0.25, 0.3) is 5.91 Å². The minimum atomic E-state index is -0.432. The Labute approximate surface area is 157 Å². The average Bonchev–Trinajstić information content (AvgIpc) is 2.59. The standard InChI is InChI=1S/C20H18ClN3O2/c1-13(2)23-20(26)17-9-8-16(21)11-18(17)24-19(25)10-7-14-5-3-4-6-15(14)12-22/h3-11,13H,1-2H3,(H,23,26)(H,24,25)/b10-7+. The molecule has 132 valence electrons. The summed E-state index contributed by atoms with van der Waals surface area (Å²) < 4.78 is 0. The number of hydrogen-bond acceptors (Lipinski definition) is 3. The summed E-state index contributed by atoms with van der Waals surface area (Å²) in [6.07, 6.45) is 2.85. The number of hydrogen-bond donors (Lipinski definition) is 2. The van der Waals surface area contributed by atoms with Crippen molar-refractivity contribution in [2.24, 2.45) is 0 Å². The van der Waals surface area contributed by atoms with E-state index in [0.717, 1.165) is 0 Å². The number of carbonyl (C=O) groups is 2. The predicted octanol–water partition coefficient (Wildman–Crippen LogP) is 4.00. The molecule has 2 aromatic carbocycles. The number of rotatable bonds is 5. The molecule has 5 nitrogen and oxygen atoms in total. The first-order valence-electron chi connectivity index (χ1n) is 7.99. The monoisotopic (exact) mass is 367 g/mol. The molecule has 0 radical (unpaired) electrons. The van der Waals surface area contributed by atoms with Crippen LogP contribution >= 0.6 is 11.6 Å². The summed E-state index contributed by atoms with van der Waals surface area (Å²) in [5.74, 6) is -0.732. The number of nitrogens with zero attached hydrogens (tertiary/aromatic N) is 1. The second-order valence-electron chi connectivity index (χ2n) is 5.84. The van der Waals surface area contributed by atoms with E-state index in [1.807, 2.05) is 13.8 Å². The molecule has 0 aromatic heterocycles. The van der Waals surface area contributed by atoms with E-state index < -0.39 is 5.91 Å². The Bertz CT molecular complexity index is 898.